The lowest BCUT2D eigenvalue weighted by Crippen LogP contribution is -2.29. The van der Waals surface area contributed by atoms with Crippen molar-refractivity contribution in [1.82, 2.24) is 4.98 Å². The van der Waals surface area contributed by atoms with Crippen molar-refractivity contribution in [3.63, 3.8) is 0 Å². The second-order valence-electron chi connectivity index (χ2n) is 6.23. The van der Waals surface area contributed by atoms with Gasteiger partial charge in [-0.1, -0.05) is 0 Å². The molecular weight excluding hydrogens is 396 g/mol. The molecule has 0 saturated heterocycles. The maximum absolute atomic E-state index is 12.8. The van der Waals surface area contributed by atoms with Crippen LogP contribution in [0.4, 0.5) is 16.5 Å². The van der Waals surface area contributed by atoms with Gasteiger partial charge in [-0.15, -0.1) is 11.3 Å². The number of hydrogen-bond acceptors (Lipinski definition) is 7. The van der Waals surface area contributed by atoms with Crippen molar-refractivity contribution in [2.45, 2.75) is 6.92 Å². The van der Waals surface area contributed by atoms with Gasteiger partial charge in [0.05, 0.1) is 27.4 Å². The number of non-ortho nitro benzene ring substituents is 1. The Hall–Kier alpha value is -3.92. The number of nitro groups is 1. The number of anilines is 2. The minimum absolute atomic E-state index is 0.0938. The van der Waals surface area contributed by atoms with Gasteiger partial charge in [0.15, 0.2) is 5.13 Å². The smallest absolute Gasteiger partial charge is 0.269 e. The first-order chi connectivity index (χ1) is 13.8. The molecule has 4 rings (SSSR count). The zero-order chi connectivity index (χ0) is 20.7. The van der Waals surface area contributed by atoms with Crippen molar-refractivity contribution in [3.8, 4) is 0 Å². The lowest BCUT2D eigenvalue weighted by molar-refractivity contribution is -0.384. The number of carbonyl (C=O) groups excluding carboxylic acids is 3. The summed E-state index contributed by atoms with van der Waals surface area (Å²) in [5.74, 6) is -1.60. The van der Waals surface area contributed by atoms with Crippen molar-refractivity contribution >= 4 is 45.6 Å². The molecule has 1 aliphatic rings. The SMILES string of the molecule is Cc1csc(NC(=O)c2ccc3c(c2)C(=O)N(c2ccc([N+](=O)[O-])cc2)C3=O)n1. The molecule has 1 aliphatic heterocycles. The highest BCUT2D eigenvalue weighted by Gasteiger charge is 2.37. The topological polar surface area (TPSA) is 123 Å². The van der Waals surface area contributed by atoms with E-state index in [4.69, 9.17) is 0 Å². The number of aryl methyl sites for hydroxylation is 1. The predicted molar refractivity (Wildman–Crippen MR) is 105 cm³/mol. The minimum atomic E-state index is -0.599. The van der Waals surface area contributed by atoms with Crippen LogP contribution in [0.5, 0.6) is 0 Å². The lowest BCUT2D eigenvalue weighted by Gasteiger charge is -2.13. The standard InChI is InChI=1S/C19H12N4O5S/c1-10-9-29-19(20-10)21-16(24)11-2-7-14-15(8-11)18(26)22(17(14)25)12-3-5-13(6-4-12)23(27)28/h2-9H,1H3,(H,20,21,24). The second kappa shape index (κ2) is 6.91. The quantitative estimate of drug-likeness (QED) is 0.401. The van der Waals surface area contributed by atoms with Gasteiger partial charge < -0.3 is 0 Å². The summed E-state index contributed by atoms with van der Waals surface area (Å²) in [6, 6.07) is 9.33. The van der Waals surface area contributed by atoms with Crippen LogP contribution in [0.15, 0.2) is 47.8 Å². The molecule has 3 aromatic rings. The number of nitrogens with one attached hydrogen (secondary N) is 1. The van der Waals surface area contributed by atoms with Crippen molar-refractivity contribution in [1.29, 1.82) is 0 Å². The highest BCUT2D eigenvalue weighted by molar-refractivity contribution is 7.13. The molecule has 0 atom stereocenters. The molecule has 144 valence electrons. The molecule has 0 bridgehead atoms. The van der Waals surface area contributed by atoms with E-state index < -0.39 is 22.6 Å². The molecule has 2 heterocycles. The van der Waals surface area contributed by atoms with Crippen molar-refractivity contribution in [2.75, 3.05) is 10.2 Å². The number of benzene rings is 2. The highest BCUT2D eigenvalue weighted by Crippen LogP contribution is 2.30. The number of nitrogens with zero attached hydrogens (tertiary/aromatic N) is 3. The fraction of sp³-hybridized carbons (Fsp3) is 0.0526. The number of amides is 3. The zero-order valence-electron chi connectivity index (χ0n) is 14.9. The van der Waals surface area contributed by atoms with Crippen LogP contribution in [0.3, 0.4) is 0 Å². The molecule has 0 saturated carbocycles. The fourth-order valence-electron chi connectivity index (χ4n) is 2.92. The Kier molecular flexibility index (Phi) is 4.40. The molecule has 2 aromatic carbocycles. The fourth-order valence-corrected chi connectivity index (χ4v) is 3.60. The van der Waals surface area contributed by atoms with Gasteiger partial charge in [0.25, 0.3) is 23.4 Å². The Morgan fingerprint density at radius 1 is 1.10 bits per heavy atom. The summed E-state index contributed by atoms with van der Waals surface area (Å²) < 4.78 is 0. The summed E-state index contributed by atoms with van der Waals surface area (Å²) in [7, 11) is 0. The van der Waals surface area contributed by atoms with Crippen LogP contribution in [0, 0.1) is 17.0 Å². The van der Waals surface area contributed by atoms with Gasteiger partial charge in [-0.25, -0.2) is 9.88 Å². The number of nitro benzene ring substituents is 1. The van der Waals surface area contributed by atoms with Crippen LogP contribution in [0.2, 0.25) is 0 Å². The van der Waals surface area contributed by atoms with Crippen LogP contribution in [-0.4, -0.2) is 27.6 Å². The van der Waals surface area contributed by atoms with E-state index in [1.807, 2.05) is 0 Å². The van der Waals surface area contributed by atoms with Crippen molar-refractivity contribution < 1.29 is 19.3 Å². The van der Waals surface area contributed by atoms with Gasteiger partial charge in [-0.05, 0) is 37.3 Å². The Morgan fingerprint density at radius 3 is 2.41 bits per heavy atom. The molecule has 3 amide bonds. The van der Waals surface area contributed by atoms with Gasteiger partial charge in [0.1, 0.15) is 0 Å². The van der Waals surface area contributed by atoms with Crippen LogP contribution in [-0.2, 0) is 0 Å². The molecule has 29 heavy (non-hydrogen) atoms. The van der Waals surface area contributed by atoms with Crippen molar-refractivity contribution in [2.24, 2.45) is 0 Å². The zero-order valence-corrected chi connectivity index (χ0v) is 15.7. The number of carbonyl (C=O) groups is 3. The number of fused-ring (bicyclic) bond motifs is 1. The molecule has 0 spiro atoms. The lowest BCUT2D eigenvalue weighted by atomic mass is 10.1. The van der Waals surface area contributed by atoms with Gasteiger partial charge >= 0.3 is 0 Å². The summed E-state index contributed by atoms with van der Waals surface area (Å²) in [5.41, 5.74) is 1.31. The maximum atomic E-state index is 12.8. The Balaban J connectivity index is 1.62. The van der Waals surface area contributed by atoms with E-state index in [0.717, 1.165) is 10.6 Å². The third-order valence-corrected chi connectivity index (χ3v) is 5.18. The van der Waals surface area contributed by atoms with E-state index in [0.29, 0.717) is 5.13 Å². The Bertz CT molecular complexity index is 1190. The Labute approximate surface area is 167 Å². The first kappa shape index (κ1) is 18.4. The van der Waals surface area contributed by atoms with Crippen LogP contribution >= 0.6 is 11.3 Å². The third kappa shape index (κ3) is 3.25. The molecule has 1 aromatic heterocycles. The monoisotopic (exact) mass is 408 g/mol. The van der Waals surface area contributed by atoms with Gasteiger partial charge in [-0.3, -0.25) is 29.8 Å². The Morgan fingerprint density at radius 2 is 1.79 bits per heavy atom. The van der Waals surface area contributed by atoms with E-state index in [2.05, 4.69) is 10.3 Å². The third-order valence-electron chi connectivity index (χ3n) is 4.31. The van der Waals surface area contributed by atoms with Crippen LogP contribution in [0.25, 0.3) is 0 Å². The molecule has 10 heteroatoms. The maximum Gasteiger partial charge on any atom is 0.269 e. The normalized spacial score (nSPS) is 12.8. The van der Waals surface area contributed by atoms with Crippen LogP contribution in [0.1, 0.15) is 36.8 Å². The molecule has 0 aliphatic carbocycles. The van der Waals surface area contributed by atoms with E-state index in [9.17, 15) is 24.5 Å². The van der Waals surface area contributed by atoms with Gasteiger partial charge in [0.2, 0.25) is 0 Å². The van der Waals surface area contributed by atoms with E-state index >= 15 is 0 Å². The first-order valence-electron chi connectivity index (χ1n) is 8.36. The number of imide groups is 1. The molecule has 0 radical (unpaired) electrons. The van der Waals surface area contributed by atoms with E-state index in [1.165, 1.54) is 53.8 Å². The summed E-state index contributed by atoms with van der Waals surface area (Å²) in [5, 5.41) is 15.7. The van der Waals surface area contributed by atoms with E-state index in [-0.39, 0.29) is 28.1 Å². The molecular formula is C19H12N4O5S. The largest absolute Gasteiger partial charge is 0.298 e. The summed E-state index contributed by atoms with van der Waals surface area (Å²) in [6.45, 7) is 1.80. The summed E-state index contributed by atoms with van der Waals surface area (Å²) in [4.78, 5) is 53.2. The molecule has 0 fully saturated rings. The first-order valence-corrected chi connectivity index (χ1v) is 9.24. The molecule has 1 N–H and O–H groups in total. The predicted octanol–water partition coefficient (Wildman–Crippen LogP) is 3.41. The van der Waals surface area contributed by atoms with Crippen molar-refractivity contribution in [3.05, 3.63) is 80.3 Å². The number of thiazole rings is 1. The summed E-state index contributed by atoms with van der Waals surface area (Å²) in [6.07, 6.45) is 0. The second-order valence-corrected chi connectivity index (χ2v) is 7.09. The van der Waals surface area contributed by atoms with Crippen LogP contribution < -0.4 is 10.2 Å². The molecule has 9 nitrogen and oxygen atoms in total. The average Bonchev–Trinajstić information content (AvgIpc) is 3.22. The average molecular weight is 408 g/mol. The van der Waals surface area contributed by atoms with E-state index in [1.54, 1.807) is 12.3 Å². The summed E-state index contributed by atoms with van der Waals surface area (Å²) >= 11 is 1.28. The number of hydrogen-bond donors (Lipinski definition) is 1. The number of aromatic nitrogens is 1. The number of rotatable bonds is 4. The highest BCUT2D eigenvalue weighted by atomic mass is 32.1. The van der Waals surface area contributed by atoms with Gasteiger partial charge in [0, 0.05) is 23.1 Å². The minimum Gasteiger partial charge on any atom is -0.298 e. The van der Waals surface area contributed by atoms with Gasteiger partial charge in [-0.2, -0.15) is 0 Å². The molecule has 0 unspecified atom stereocenters.